The topological polar surface area (TPSA) is 41.6 Å². The van der Waals surface area contributed by atoms with Gasteiger partial charge in [0.15, 0.2) is 0 Å². The number of fused-ring (bicyclic) bond motifs is 3. The summed E-state index contributed by atoms with van der Waals surface area (Å²) in [6.07, 6.45) is 7.28. The van der Waals surface area contributed by atoms with Crippen LogP contribution in [0.2, 0.25) is 0 Å². The van der Waals surface area contributed by atoms with Crippen LogP contribution in [0, 0.1) is 0 Å². The van der Waals surface area contributed by atoms with E-state index in [0.717, 1.165) is 21.8 Å². The summed E-state index contributed by atoms with van der Waals surface area (Å²) in [7, 11) is 0. The summed E-state index contributed by atoms with van der Waals surface area (Å²) in [6, 6.07) is 3.94. The van der Waals surface area contributed by atoms with Crippen LogP contribution in [0.15, 0.2) is 36.9 Å². The molecule has 0 amide bonds. The van der Waals surface area contributed by atoms with Crippen molar-refractivity contribution in [1.82, 2.24) is 15.0 Å². The maximum absolute atomic E-state index is 4.09. The van der Waals surface area contributed by atoms with Crippen LogP contribution in [-0.2, 0) is 0 Å². The molecule has 0 fully saturated rings. The number of H-pyrrole nitrogens is 1. The molecule has 13 heavy (non-hydrogen) atoms. The van der Waals surface area contributed by atoms with Crippen LogP contribution in [0.1, 0.15) is 0 Å². The van der Waals surface area contributed by atoms with Gasteiger partial charge in [0.25, 0.3) is 0 Å². The van der Waals surface area contributed by atoms with E-state index in [1.165, 1.54) is 0 Å². The predicted molar refractivity (Wildman–Crippen MR) is 51.4 cm³/mol. The molecule has 0 aliphatic heterocycles. The Balaban J connectivity index is 2.64. The lowest BCUT2D eigenvalue weighted by Gasteiger charge is -1.86. The Bertz CT molecular complexity index is 518. The largest absolute Gasteiger partial charge is 0.354 e. The Morgan fingerprint density at radius 2 is 1.38 bits per heavy atom. The summed E-state index contributed by atoms with van der Waals surface area (Å²) in [4.78, 5) is 11.5. The van der Waals surface area contributed by atoms with Crippen LogP contribution in [0.5, 0.6) is 0 Å². The molecule has 0 aliphatic rings. The van der Waals surface area contributed by atoms with Gasteiger partial charge in [-0.25, -0.2) is 0 Å². The van der Waals surface area contributed by atoms with Crippen molar-refractivity contribution in [3.8, 4) is 0 Å². The first-order valence-corrected chi connectivity index (χ1v) is 4.10. The minimum atomic E-state index is 1.11. The highest BCUT2D eigenvalue weighted by Gasteiger charge is 2.01. The molecule has 0 aliphatic carbocycles. The molecule has 3 heteroatoms. The Kier molecular flexibility index (Phi) is 1.16. The fourth-order valence-corrected chi connectivity index (χ4v) is 1.58. The van der Waals surface area contributed by atoms with Crippen molar-refractivity contribution in [1.29, 1.82) is 0 Å². The second kappa shape index (κ2) is 2.29. The Labute approximate surface area is 74.4 Å². The molecule has 3 rings (SSSR count). The third kappa shape index (κ3) is 0.839. The fourth-order valence-electron chi connectivity index (χ4n) is 1.58. The lowest BCUT2D eigenvalue weighted by atomic mass is 10.2. The van der Waals surface area contributed by atoms with Crippen LogP contribution >= 0.6 is 0 Å². The lowest BCUT2D eigenvalue weighted by molar-refractivity contribution is 1.36. The summed E-state index contributed by atoms with van der Waals surface area (Å²) in [5, 5.41) is 2.26. The maximum Gasteiger partial charge on any atom is 0.0496 e. The first kappa shape index (κ1) is 6.60. The molecule has 3 heterocycles. The van der Waals surface area contributed by atoms with E-state index in [4.69, 9.17) is 0 Å². The van der Waals surface area contributed by atoms with Crippen molar-refractivity contribution >= 4 is 21.8 Å². The van der Waals surface area contributed by atoms with Gasteiger partial charge in [-0.15, -0.1) is 0 Å². The number of hydrogen-bond donors (Lipinski definition) is 1. The smallest absolute Gasteiger partial charge is 0.0496 e. The third-order valence-corrected chi connectivity index (χ3v) is 2.20. The lowest BCUT2D eigenvalue weighted by Crippen LogP contribution is -1.70. The summed E-state index contributed by atoms with van der Waals surface area (Å²) in [6.45, 7) is 0. The van der Waals surface area contributed by atoms with Gasteiger partial charge in [0.2, 0.25) is 0 Å². The van der Waals surface area contributed by atoms with Gasteiger partial charge in [-0.3, -0.25) is 9.97 Å². The van der Waals surface area contributed by atoms with Gasteiger partial charge in [-0.1, -0.05) is 0 Å². The predicted octanol–water partition coefficient (Wildman–Crippen LogP) is 2.11. The van der Waals surface area contributed by atoms with Gasteiger partial charge < -0.3 is 4.98 Å². The molecule has 3 nitrogen and oxygen atoms in total. The second-order valence-electron chi connectivity index (χ2n) is 2.97. The van der Waals surface area contributed by atoms with Crippen LogP contribution in [-0.4, -0.2) is 15.0 Å². The average molecular weight is 169 g/mol. The van der Waals surface area contributed by atoms with Crippen molar-refractivity contribution in [2.24, 2.45) is 0 Å². The fraction of sp³-hybridized carbons (Fsp3) is 0. The quantitative estimate of drug-likeness (QED) is 0.560. The van der Waals surface area contributed by atoms with Crippen molar-refractivity contribution < 1.29 is 0 Å². The van der Waals surface area contributed by atoms with E-state index < -0.39 is 0 Å². The van der Waals surface area contributed by atoms with Crippen LogP contribution in [0.3, 0.4) is 0 Å². The zero-order chi connectivity index (χ0) is 8.67. The highest BCUT2D eigenvalue weighted by Crippen LogP contribution is 2.22. The number of aromatic nitrogens is 3. The molecule has 0 saturated carbocycles. The van der Waals surface area contributed by atoms with Crippen LogP contribution in [0.25, 0.3) is 21.8 Å². The normalized spacial score (nSPS) is 11.1. The summed E-state index contributed by atoms with van der Waals surface area (Å²) >= 11 is 0. The first-order valence-electron chi connectivity index (χ1n) is 4.10. The molecule has 3 aromatic rings. The number of nitrogens with zero attached hydrogens (tertiary/aromatic N) is 2. The SMILES string of the molecule is c1cc2[nH]c3ccncc3c2cn1. The van der Waals surface area contributed by atoms with E-state index >= 15 is 0 Å². The highest BCUT2D eigenvalue weighted by molar-refractivity contribution is 6.06. The van der Waals surface area contributed by atoms with Crippen molar-refractivity contribution in [2.45, 2.75) is 0 Å². The molecule has 62 valence electrons. The minimum absolute atomic E-state index is 1.11. The number of aromatic amines is 1. The molecule has 0 aromatic carbocycles. The molecule has 0 radical (unpaired) electrons. The zero-order valence-corrected chi connectivity index (χ0v) is 6.86. The van der Waals surface area contributed by atoms with Crippen LogP contribution < -0.4 is 0 Å². The van der Waals surface area contributed by atoms with Gasteiger partial charge in [0.05, 0.1) is 0 Å². The van der Waals surface area contributed by atoms with E-state index in [0.29, 0.717) is 0 Å². The van der Waals surface area contributed by atoms with Gasteiger partial charge in [0, 0.05) is 46.6 Å². The first-order chi connectivity index (χ1) is 6.45. The van der Waals surface area contributed by atoms with E-state index in [1.807, 2.05) is 24.5 Å². The molecule has 0 spiro atoms. The Morgan fingerprint density at radius 3 is 1.92 bits per heavy atom. The Hall–Kier alpha value is -1.90. The van der Waals surface area contributed by atoms with Crippen molar-refractivity contribution in [3.05, 3.63) is 36.9 Å². The standard InChI is InChI=1S/C10H7N3/c1-3-11-5-7-8-6-12-4-2-10(8)13-9(1)7/h1-6,13H. The van der Waals surface area contributed by atoms with Gasteiger partial charge in [0.1, 0.15) is 0 Å². The molecule has 3 aromatic heterocycles. The van der Waals surface area contributed by atoms with E-state index in [-0.39, 0.29) is 0 Å². The monoisotopic (exact) mass is 169 g/mol. The van der Waals surface area contributed by atoms with Gasteiger partial charge in [-0.2, -0.15) is 0 Å². The molecule has 0 bridgehead atoms. The average Bonchev–Trinajstić information content (AvgIpc) is 2.56. The van der Waals surface area contributed by atoms with Gasteiger partial charge in [-0.05, 0) is 12.1 Å². The van der Waals surface area contributed by atoms with Crippen molar-refractivity contribution in [3.63, 3.8) is 0 Å². The number of pyridine rings is 2. The number of nitrogens with one attached hydrogen (secondary N) is 1. The number of rotatable bonds is 0. The molecule has 0 unspecified atom stereocenters. The van der Waals surface area contributed by atoms with Crippen molar-refractivity contribution in [2.75, 3.05) is 0 Å². The molecule has 1 N–H and O–H groups in total. The third-order valence-electron chi connectivity index (χ3n) is 2.20. The summed E-state index contributed by atoms with van der Waals surface area (Å²) < 4.78 is 0. The minimum Gasteiger partial charge on any atom is -0.354 e. The number of hydrogen-bond acceptors (Lipinski definition) is 2. The summed E-state index contributed by atoms with van der Waals surface area (Å²) in [5.74, 6) is 0. The molecular weight excluding hydrogens is 162 g/mol. The van der Waals surface area contributed by atoms with E-state index in [9.17, 15) is 0 Å². The zero-order valence-electron chi connectivity index (χ0n) is 6.86. The van der Waals surface area contributed by atoms with E-state index in [2.05, 4.69) is 15.0 Å². The molecule has 0 atom stereocenters. The van der Waals surface area contributed by atoms with Gasteiger partial charge >= 0.3 is 0 Å². The molecular formula is C10H7N3. The van der Waals surface area contributed by atoms with Crippen LogP contribution in [0.4, 0.5) is 0 Å². The summed E-state index contributed by atoms with van der Waals surface area (Å²) in [5.41, 5.74) is 2.22. The second-order valence-corrected chi connectivity index (χ2v) is 2.97. The Morgan fingerprint density at radius 1 is 0.846 bits per heavy atom. The maximum atomic E-state index is 4.09. The highest BCUT2D eigenvalue weighted by atomic mass is 14.7. The molecule has 0 saturated heterocycles. The van der Waals surface area contributed by atoms with E-state index in [1.54, 1.807) is 12.4 Å².